The fourth-order valence-corrected chi connectivity index (χ4v) is 3.74. The third kappa shape index (κ3) is 11.4. The summed E-state index contributed by atoms with van der Waals surface area (Å²) < 4.78 is 28.0. The van der Waals surface area contributed by atoms with Crippen LogP contribution >= 0.6 is 0 Å². The number of carbonyl (C=O) groups excluding carboxylic acids is 1. The van der Waals surface area contributed by atoms with Gasteiger partial charge in [0.15, 0.2) is 0 Å². The van der Waals surface area contributed by atoms with Gasteiger partial charge in [-0.3, -0.25) is 0 Å². The Bertz CT molecular complexity index is 952. The zero-order valence-corrected chi connectivity index (χ0v) is 22.4. The maximum Gasteiger partial charge on any atom is 0.410 e. The van der Waals surface area contributed by atoms with Crippen LogP contribution in [0.15, 0.2) is 60.7 Å². The zero-order chi connectivity index (χ0) is 26.3. The van der Waals surface area contributed by atoms with Crippen molar-refractivity contribution < 1.29 is 28.5 Å². The van der Waals surface area contributed by atoms with Crippen LogP contribution in [0.2, 0.25) is 0 Å². The smallest absolute Gasteiger partial charge is 0.410 e. The van der Waals surface area contributed by atoms with Crippen LogP contribution in [0.25, 0.3) is 5.57 Å². The SMILES string of the molecule is CC(C)(C)OC(=O)N1CC=C(c2ccc(OCCCOCCOCCOCc3ccccc3)cc2)CC1. The highest BCUT2D eigenvalue weighted by Gasteiger charge is 2.23. The molecule has 7 nitrogen and oxygen atoms in total. The summed E-state index contributed by atoms with van der Waals surface area (Å²) in [7, 11) is 0. The lowest BCUT2D eigenvalue weighted by Crippen LogP contribution is -2.39. The Balaban J connectivity index is 1.20. The molecule has 1 aliphatic rings. The molecular weight excluding hydrogens is 470 g/mol. The number of carbonyl (C=O) groups is 1. The molecule has 2 aromatic carbocycles. The van der Waals surface area contributed by atoms with E-state index < -0.39 is 5.60 Å². The molecule has 0 saturated heterocycles. The monoisotopic (exact) mass is 511 g/mol. The normalized spacial score (nSPS) is 13.8. The van der Waals surface area contributed by atoms with Crippen molar-refractivity contribution in [2.75, 3.05) is 52.7 Å². The number of ether oxygens (including phenoxy) is 5. The van der Waals surface area contributed by atoms with Gasteiger partial charge in [-0.1, -0.05) is 48.5 Å². The highest BCUT2D eigenvalue weighted by atomic mass is 16.6. The first-order valence-corrected chi connectivity index (χ1v) is 13.1. The fourth-order valence-electron chi connectivity index (χ4n) is 3.74. The van der Waals surface area contributed by atoms with Gasteiger partial charge in [-0.15, -0.1) is 0 Å². The zero-order valence-electron chi connectivity index (χ0n) is 22.4. The molecule has 3 rings (SSSR count). The van der Waals surface area contributed by atoms with Crippen molar-refractivity contribution in [3.8, 4) is 5.75 Å². The van der Waals surface area contributed by atoms with Crippen LogP contribution in [0.1, 0.15) is 44.7 Å². The maximum atomic E-state index is 12.2. The largest absolute Gasteiger partial charge is 0.494 e. The topological polar surface area (TPSA) is 66.5 Å². The van der Waals surface area contributed by atoms with Crippen molar-refractivity contribution in [3.63, 3.8) is 0 Å². The summed E-state index contributed by atoms with van der Waals surface area (Å²) in [4.78, 5) is 14.0. The fraction of sp³-hybridized carbons (Fsp3) is 0.500. The van der Waals surface area contributed by atoms with Crippen molar-refractivity contribution in [1.82, 2.24) is 4.90 Å². The van der Waals surface area contributed by atoms with Gasteiger partial charge in [0, 0.05) is 26.1 Å². The van der Waals surface area contributed by atoms with Crippen LogP contribution in [0, 0.1) is 0 Å². The molecule has 0 bridgehead atoms. The molecule has 1 amide bonds. The Morgan fingerprint density at radius 3 is 2.16 bits per heavy atom. The van der Waals surface area contributed by atoms with E-state index in [1.807, 2.05) is 63.2 Å². The van der Waals surface area contributed by atoms with Crippen molar-refractivity contribution in [2.24, 2.45) is 0 Å². The molecule has 0 saturated carbocycles. The van der Waals surface area contributed by atoms with Crippen LogP contribution in [-0.2, 0) is 25.6 Å². The summed E-state index contributed by atoms with van der Waals surface area (Å²) in [6, 6.07) is 18.2. The first-order valence-electron chi connectivity index (χ1n) is 13.1. The molecule has 37 heavy (non-hydrogen) atoms. The first kappa shape index (κ1) is 28.7. The maximum absolute atomic E-state index is 12.2. The summed E-state index contributed by atoms with van der Waals surface area (Å²) in [6.45, 7) is 11.0. The molecule has 0 radical (unpaired) electrons. The van der Waals surface area contributed by atoms with Crippen molar-refractivity contribution in [1.29, 1.82) is 0 Å². The first-order chi connectivity index (χ1) is 17.9. The van der Waals surface area contributed by atoms with Gasteiger partial charge in [0.1, 0.15) is 11.4 Å². The van der Waals surface area contributed by atoms with Gasteiger partial charge in [0.05, 0.1) is 39.6 Å². The van der Waals surface area contributed by atoms with Gasteiger partial charge < -0.3 is 28.6 Å². The minimum Gasteiger partial charge on any atom is -0.494 e. The molecule has 0 spiro atoms. The molecule has 202 valence electrons. The third-order valence-electron chi connectivity index (χ3n) is 5.64. The minimum absolute atomic E-state index is 0.257. The lowest BCUT2D eigenvalue weighted by Gasteiger charge is -2.29. The summed E-state index contributed by atoms with van der Waals surface area (Å²) in [5.74, 6) is 0.842. The number of hydrogen-bond donors (Lipinski definition) is 0. The van der Waals surface area contributed by atoms with Gasteiger partial charge in [0.25, 0.3) is 0 Å². The van der Waals surface area contributed by atoms with Gasteiger partial charge >= 0.3 is 6.09 Å². The predicted molar refractivity (Wildman–Crippen MR) is 145 cm³/mol. The van der Waals surface area contributed by atoms with Crippen molar-refractivity contribution >= 4 is 11.7 Å². The number of rotatable bonds is 14. The van der Waals surface area contributed by atoms with Crippen LogP contribution < -0.4 is 4.74 Å². The van der Waals surface area contributed by atoms with E-state index >= 15 is 0 Å². The summed E-state index contributed by atoms with van der Waals surface area (Å²) in [6.07, 6.45) is 3.46. The van der Waals surface area contributed by atoms with E-state index in [2.05, 4.69) is 18.2 Å². The van der Waals surface area contributed by atoms with E-state index in [4.69, 9.17) is 23.7 Å². The van der Waals surface area contributed by atoms with Crippen LogP contribution in [0.4, 0.5) is 4.79 Å². The second kappa shape index (κ2) is 15.4. The number of benzene rings is 2. The lowest BCUT2D eigenvalue weighted by molar-refractivity contribution is 0.00903. The molecule has 0 N–H and O–H groups in total. The number of hydrogen-bond acceptors (Lipinski definition) is 6. The summed E-state index contributed by atoms with van der Waals surface area (Å²) >= 11 is 0. The average Bonchev–Trinajstić information content (AvgIpc) is 2.89. The van der Waals surface area contributed by atoms with Crippen molar-refractivity contribution in [2.45, 2.75) is 45.8 Å². The molecule has 1 heterocycles. The second-order valence-electron chi connectivity index (χ2n) is 9.90. The van der Waals surface area contributed by atoms with Crippen molar-refractivity contribution in [3.05, 3.63) is 71.8 Å². The predicted octanol–water partition coefficient (Wildman–Crippen LogP) is 5.73. The Kier molecular flexibility index (Phi) is 11.9. The molecule has 7 heteroatoms. The van der Waals surface area contributed by atoms with E-state index in [0.29, 0.717) is 59.3 Å². The lowest BCUT2D eigenvalue weighted by atomic mass is 9.99. The van der Waals surface area contributed by atoms with Crippen LogP contribution in [-0.4, -0.2) is 69.3 Å². The van der Waals surface area contributed by atoms with E-state index in [1.165, 1.54) is 11.1 Å². The molecule has 2 aromatic rings. The molecule has 0 unspecified atom stereocenters. The Morgan fingerprint density at radius 2 is 1.51 bits per heavy atom. The quantitative estimate of drug-likeness (QED) is 0.302. The van der Waals surface area contributed by atoms with Crippen LogP contribution in [0.5, 0.6) is 5.75 Å². The summed E-state index contributed by atoms with van der Waals surface area (Å²) in [5.41, 5.74) is 3.09. The molecule has 0 fully saturated rings. The van der Waals surface area contributed by atoms with Gasteiger partial charge in [0.2, 0.25) is 0 Å². The van der Waals surface area contributed by atoms with E-state index in [0.717, 1.165) is 24.2 Å². The standard InChI is InChI=1S/C30H41NO6/c1-30(2,3)37-29(32)31-16-14-27(15-17-31)26-10-12-28(13-11-26)36-19-7-18-33-20-21-34-22-23-35-24-25-8-5-4-6-9-25/h4-6,8-14H,7,15-24H2,1-3H3. The Labute approximate surface area is 221 Å². The van der Waals surface area contributed by atoms with E-state index in [1.54, 1.807) is 4.90 Å². The van der Waals surface area contributed by atoms with Crippen LogP contribution in [0.3, 0.4) is 0 Å². The average molecular weight is 512 g/mol. The minimum atomic E-state index is -0.476. The van der Waals surface area contributed by atoms with Gasteiger partial charge in [-0.2, -0.15) is 0 Å². The second-order valence-corrected chi connectivity index (χ2v) is 9.90. The van der Waals surface area contributed by atoms with E-state index in [-0.39, 0.29) is 6.09 Å². The van der Waals surface area contributed by atoms with Gasteiger partial charge in [-0.25, -0.2) is 4.79 Å². The Hall–Kier alpha value is -2.87. The molecule has 0 atom stereocenters. The van der Waals surface area contributed by atoms with E-state index in [9.17, 15) is 4.79 Å². The highest BCUT2D eigenvalue weighted by molar-refractivity contribution is 5.72. The molecule has 0 aliphatic carbocycles. The van der Waals surface area contributed by atoms with Gasteiger partial charge in [-0.05, 0) is 56.0 Å². The molecular formula is C30H41NO6. The highest BCUT2D eigenvalue weighted by Crippen LogP contribution is 2.25. The Morgan fingerprint density at radius 1 is 0.838 bits per heavy atom. The third-order valence-corrected chi connectivity index (χ3v) is 5.64. The molecule has 0 aromatic heterocycles. The molecule has 1 aliphatic heterocycles. The summed E-state index contributed by atoms with van der Waals surface area (Å²) in [5, 5.41) is 0. The number of nitrogens with zero attached hydrogens (tertiary/aromatic N) is 1. The number of amides is 1.